The number of non-ortho nitro benzene ring substituents is 1. The molecular weight excluding hydrogens is 434 g/mol. The fourth-order valence-corrected chi connectivity index (χ4v) is 5.64. The van der Waals surface area contributed by atoms with Crippen LogP contribution >= 0.6 is 0 Å². The van der Waals surface area contributed by atoms with E-state index in [4.69, 9.17) is 0 Å². The van der Waals surface area contributed by atoms with Crippen LogP contribution < -0.4 is 4.90 Å². The van der Waals surface area contributed by atoms with Gasteiger partial charge >= 0.3 is 0 Å². The average molecular weight is 460 g/mol. The smallest absolute Gasteiger partial charge is 0.270 e. The number of Topliss-reactive ketones (excluding diaryl/α,β-unsaturated/α-hetero) is 1. The maximum absolute atomic E-state index is 13.9. The predicted molar refractivity (Wildman–Crippen MR) is 126 cm³/mol. The summed E-state index contributed by atoms with van der Waals surface area (Å²) in [7, 11) is 0. The molecule has 34 heavy (non-hydrogen) atoms. The molecule has 4 atom stereocenters. The van der Waals surface area contributed by atoms with E-state index in [1.807, 2.05) is 49.1 Å². The van der Waals surface area contributed by atoms with Crippen LogP contribution in [0.1, 0.15) is 42.6 Å². The molecule has 0 radical (unpaired) electrons. The topological polar surface area (TPSA) is 101 Å². The summed E-state index contributed by atoms with van der Waals surface area (Å²) >= 11 is 0. The number of imide groups is 1. The highest BCUT2D eigenvalue weighted by molar-refractivity contribution is 6.14. The third-order valence-corrected chi connectivity index (χ3v) is 7.19. The number of hydrogen-bond donors (Lipinski definition) is 0. The Morgan fingerprint density at radius 1 is 1.06 bits per heavy atom. The van der Waals surface area contributed by atoms with Gasteiger partial charge in [0.25, 0.3) is 5.69 Å². The first-order valence-electron chi connectivity index (χ1n) is 11.5. The molecule has 174 valence electrons. The number of amides is 2. The van der Waals surface area contributed by atoms with Crippen molar-refractivity contribution in [3.05, 3.63) is 75.8 Å². The zero-order valence-electron chi connectivity index (χ0n) is 19.0. The lowest BCUT2D eigenvalue weighted by Gasteiger charge is -2.38. The number of carbonyl (C=O) groups is 3. The predicted octanol–water partition coefficient (Wildman–Crippen LogP) is 3.85. The molecule has 2 fully saturated rings. The second-order valence-corrected chi connectivity index (χ2v) is 9.11. The van der Waals surface area contributed by atoms with Crippen molar-refractivity contribution in [3.63, 3.8) is 0 Å². The van der Waals surface area contributed by atoms with Gasteiger partial charge in [-0.1, -0.05) is 49.8 Å². The van der Waals surface area contributed by atoms with E-state index in [0.29, 0.717) is 13.0 Å². The quantitative estimate of drug-likeness (QED) is 0.281. The third kappa shape index (κ3) is 3.16. The van der Waals surface area contributed by atoms with Crippen LogP contribution in [0.3, 0.4) is 0 Å². The summed E-state index contributed by atoms with van der Waals surface area (Å²) in [6.45, 7) is 4.30. The van der Waals surface area contributed by atoms with E-state index in [1.54, 1.807) is 0 Å². The van der Waals surface area contributed by atoms with Gasteiger partial charge in [-0.2, -0.15) is 0 Å². The Hall–Kier alpha value is -3.81. The lowest BCUT2D eigenvalue weighted by atomic mass is 9.85. The van der Waals surface area contributed by atoms with Crippen LogP contribution in [0.5, 0.6) is 0 Å². The highest BCUT2D eigenvalue weighted by Crippen LogP contribution is 2.50. The normalized spacial score (nSPS) is 25.1. The number of benzene rings is 2. The molecule has 2 aromatic rings. The van der Waals surface area contributed by atoms with E-state index >= 15 is 0 Å². The molecule has 0 saturated carbocycles. The monoisotopic (exact) mass is 459 g/mol. The number of allylic oxidation sites excluding steroid dienone is 1. The molecule has 3 aliphatic heterocycles. The number of fused-ring (bicyclic) bond motifs is 5. The first-order valence-corrected chi connectivity index (χ1v) is 11.5. The van der Waals surface area contributed by atoms with Gasteiger partial charge in [-0.15, -0.1) is 0 Å². The number of anilines is 1. The molecule has 0 N–H and O–H groups in total. The summed E-state index contributed by atoms with van der Waals surface area (Å²) in [5.41, 5.74) is 2.70. The van der Waals surface area contributed by atoms with Crippen LogP contribution in [-0.2, 0) is 9.59 Å². The van der Waals surface area contributed by atoms with Gasteiger partial charge in [-0.3, -0.25) is 29.4 Å². The van der Waals surface area contributed by atoms with Crippen LogP contribution in [0.25, 0.3) is 5.57 Å². The van der Waals surface area contributed by atoms with Crippen molar-refractivity contribution in [2.24, 2.45) is 11.8 Å². The molecule has 0 unspecified atom stereocenters. The number of unbranched alkanes of at least 4 members (excludes halogenated alkanes) is 1. The van der Waals surface area contributed by atoms with E-state index in [-0.39, 0.29) is 28.8 Å². The van der Waals surface area contributed by atoms with Crippen LogP contribution in [0.2, 0.25) is 0 Å². The van der Waals surface area contributed by atoms with Gasteiger partial charge in [-0.25, -0.2) is 0 Å². The molecule has 3 aliphatic rings. The Labute approximate surface area is 197 Å². The molecular formula is C26H25N3O5. The molecule has 8 nitrogen and oxygen atoms in total. The summed E-state index contributed by atoms with van der Waals surface area (Å²) < 4.78 is 0. The van der Waals surface area contributed by atoms with Crippen molar-refractivity contribution in [2.45, 2.75) is 38.8 Å². The van der Waals surface area contributed by atoms with Crippen molar-refractivity contribution in [1.29, 1.82) is 0 Å². The maximum atomic E-state index is 13.9. The summed E-state index contributed by atoms with van der Waals surface area (Å²) in [5, 5.41) is 11.3. The van der Waals surface area contributed by atoms with Gasteiger partial charge in [0, 0.05) is 35.5 Å². The Kier molecular flexibility index (Phi) is 5.31. The molecule has 8 heteroatoms. The molecule has 2 aromatic carbocycles. The van der Waals surface area contributed by atoms with Gasteiger partial charge in [-0.05, 0) is 25.0 Å². The maximum Gasteiger partial charge on any atom is 0.270 e. The molecule has 3 heterocycles. The number of carbonyl (C=O) groups excluding carboxylic acids is 3. The van der Waals surface area contributed by atoms with Gasteiger partial charge < -0.3 is 4.90 Å². The number of rotatable bonds is 6. The first-order chi connectivity index (χ1) is 16.3. The number of nitrogens with zero attached hydrogens (tertiary/aromatic N) is 3. The second-order valence-electron chi connectivity index (χ2n) is 9.11. The molecule has 0 spiro atoms. The van der Waals surface area contributed by atoms with Crippen molar-refractivity contribution in [2.75, 3.05) is 11.4 Å². The summed E-state index contributed by atoms with van der Waals surface area (Å²) in [4.78, 5) is 54.9. The number of nitro groups is 1. The molecule has 2 saturated heterocycles. The number of nitro benzene ring substituents is 1. The minimum absolute atomic E-state index is 0.162. The van der Waals surface area contributed by atoms with Gasteiger partial charge in [0.1, 0.15) is 6.04 Å². The number of likely N-dealkylation sites (tertiary alicyclic amines) is 1. The Bertz CT molecular complexity index is 1250. The number of ketones is 1. The van der Waals surface area contributed by atoms with Crippen molar-refractivity contribution < 1.29 is 19.3 Å². The molecule has 0 bridgehead atoms. The SMILES string of the molecule is CCCCN1C(=O)[C@@H]2[C@@H](C1=O)[C@@H]1C=C(C)c3ccccc3N1[C@@H]2C(=O)c1cccc([N+](=O)[O-])c1. The van der Waals surface area contributed by atoms with Gasteiger partial charge in [0.15, 0.2) is 5.78 Å². The van der Waals surface area contributed by atoms with Gasteiger partial charge in [0.05, 0.1) is 22.8 Å². The fourth-order valence-electron chi connectivity index (χ4n) is 5.64. The largest absolute Gasteiger partial charge is 0.352 e. The van der Waals surface area contributed by atoms with Crippen LogP contribution in [-0.4, -0.2) is 46.0 Å². The van der Waals surface area contributed by atoms with Crippen LogP contribution in [0.15, 0.2) is 54.6 Å². The Morgan fingerprint density at radius 2 is 1.79 bits per heavy atom. The lowest BCUT2D eigenvalue weighted by molar-refractivity contribution is -0.384. The van der Waals surface area contributed by atoms with Crippen LogP contribution in [0.4, 0.5) is 11.4 Å². The summed E-state index contributed by atoms with van der Waals surface area (Å²) in [6.07, 6.45) is 3.52. The molecule has 2 amide bonds. The second kappa shape index (κ2) is 8.20. The van der Waals surface area contributed by atoms with Crippen molar-refractivity contribution in [1.82, 2.24) is 4.90 Å². The third-order valence-electron chi connectivity index (χ3n) is 7.19. The Morgan fingerprint density at radius 3 is 2.53 bits per heavy atom. The van der Waals surface area contributed by atoms with Gasteiger partial charge in [0.2, 0.25) is 11.8 Å². The lowest BCUT2D eigenvalue weighted by Crippen LogP contribution is -2.49. The highest BCUT2D eigenvalue weighted by Gasteiger charge is 2.64. The first kappa shape index (κ1) is 22.0. The van der Waals surface area contributed by atoms with E-state index in [9.17, 15) is 24.5 Å². The fraction of sp³-hybridized carbons (Fsp3) is 0.346. The molecule has 0 aromatic heterocycles. The minimum Gasteiger partial charge on any atom is -0.352 e. The Balaban J connectivity index is 1.65. The summed E-state index contributed by atoms with van der Waals surface area (Å²) in [6, 6.07) is 11.9. The number of hydrogen-bond acceptors (Lipinski definition) is 6. The molecule has 0 aliphatic carbocycles. The number of para-hydroxylation sites is 1. The van der Waals surface area contributed by atoms with E-state index in [2.05, 4.69) is 0 Å². The minimum atomic E-state index is -0.925. The summed E-state index contributed by atoms with van der Waals surface area (Å²) in [5.74, 6) is -2.46. The zero-order chi connectivity index (χ0) is 24.1. The van der Waals surface area contributed by atoms with Crippen LogP contribution in [0, 0.1) is 22.0 Å². The van der Waals surface area contributed by atoms with E-state index in [0.717, 1.165) is 23.2 Å². The van der Waals surface area contributed by atoms with E-state index in [1.165, 1.54) is 29.2 Å². The highest BCUT2D eigenvalue weighted by atomic mass is 16.6. The van der Waals surface area contributed by atoms with Crippen molar-refractivity contribution >= 4 is 34.5 Å². The average Bonchev–Trinajstić information content (AvgIpc) is 3.30. The zero-order valence-corrected chi connectivity index (χ0v) is 19.0. The molecule has 5 rings (SSSR count). The standard InChI is InChI=1S/C26H25N3O5/c1-3-4-12-27-25(31)21-20-13-15(2)18-10-5-6-11-19(18)28(20)23(22(21)26(27)32)24(30)16-8-7-9-17(14-16)29(33)34/h5-11,13-14,20-23H,3-4,12H2,1-2H3/t20-,21-,22+,23-/m0/s1. The van der Waals surface area contributed by atoms with Crippen molar-refractivity contribution in [3.8, 4) is 0 Å². The van der Waals surface area contributed by atoms with E-state index < -0.39 is 28.8 Å².